The average Bonchev–Trinajstić information content (AvgIpc) is 3.11. The van der Waals surface area contributed by atoms with Gasteiger partial charge in [0.05, 0.1) is 24.8 Å². The molecule has 0 aliphatic rings. The molecule has 0 saturated heterocycles. The van der Waals surface area contributed by atoms with Gasteiger partial charge in [0, 0.05) is 12.1 Å². The van der Waals surface area contributed by atoms with Crippen LogP contribution >= 0.6 is 11.6 Å². The minimum absolute atomic E-state index is 0.453. The number of benzene rings is 2. The number of halogens is 1. The van der Waals surface area contributed by atoms with E-state index in [9.17, 15) is 5.11 Å². The Bertz CT molecular complexity index is 817. The number of ether oxygens (including phenoxy) is 1. The van der Waals surface area contributed by atoms with Gasteiger partial charge in [-0.25, -0.2) is 0 Å². The highest BCUT2D eigenvalue weighted by atomic mass is 35.5. The summed E-state index contributed by atoms with van der Waals surface area (Å²) < 4.78 is 11.0. The fourth-order valence-electron chi connectivity index (χ4n) is 2.57. The fraction of sp³-hybridized carbons (Fsp3) is 0.200. The van der Waals surface area contributed by atoms with Crippen molar-refractivity contribution in [3.8, 4) is 17.1 Å². The molecule has 0 spiro atoms. The summed E-state index contributed by atoms with van der Waals surface area (Å²) in [6.45, 7) is 0.988. The van der Waals surface area contributed by atoms with Crippen LogP contribution in [0.25, 0.3) is 11.3 Å². The second-order valence-corrected chi connectivity index (χ2v) is 6.08. The predicted octanol–water partition coefficient (Wildman–Crippen LogP) is 4.43. The molecule has 0 fully saturated rings. The van der Waals surface area contributed by atoms with E-state index in [1.54, 1.807) is 7.11 Å². The van der Waals surface area contributed by atoms with Crippen molar-refractivity contribution < 1.29 is 14.3 Å². The molecule has 1 heterocycles. The van der Waals surface area contributed by atoms with Crippen LogP contribution in [0.15, 0.2) is 65.1 Å². The predicted molar refractivity (Wildman–Crippen MR) is 98.8 cm³/mol. The van der Waals surface area contributed by atoms with Crippen LogP contribution in [0, 0.1) is 0 Å². The van der Waals surface area contributed by atoms with Gasteiger partial charge >= 0.3 is 0 Å². The Kier molecular flexibility index (Phi) is 5.76. The van der Waals surface area contributed by atoms with Crippen molar-refractivity contribution in [1.82, 2.24) is 5.32 Å². The molecule has 0 aliphatic heterocycles. The number of rotatable bonds is 7. The quantitative estimate of drug-likeness (QED) is 0.656. The molecule has 5 heteroatoms. The Labute approximate surface area is 152 Å². The van der Waals surface area contributed by atoms with Crippen molar-refractivity contribution in [2.45, 2.75) is 12.6 Å². The molecular formula is C20H20ClNO3. The normalized spacial score (nSPS) is 12.1. The maximum Gasteiger partial charge on any atom is 0.137 e. The van der Waals surface area contributed by atoms with E-state index in [1.165, 1.54) is 0 Å². The van der Waals surface area contributed by atoms with Gasteiger partial charge in [-0.2, -0.15) is 0 Å². The number of hydrogen-bond acceptors (Lipinski definition) is 4. The Balaban J connectivity index is 1.58. The molecule has 25 heavy (non-hydrogen) atoms. The van der Waals surface area contributed by atoms with E-state index in [-0.39, 0.29) is 0 Å². The van der Waals surface area contributed by atoms with Gasteiger partial charge in [0.25, 0.3) is 0 Å². The molecule has 2 N–H and O–H groups in total. The number of hydrogen-bond donors (Lipinski definition) is 2. The minimum atomic E-state index is -0.545. The van der Waals surface area contributed by atoms with Gasteiger partial charge in [-0.05, 0) is 35.9 Å². The summed E-state index contributed by atoms with van der Waals surface area (Å²) in [5, 5.41) is 13.9. The fourth-order valence-corrected chi connectivity index (χ4v) is 2.83. The highest BCUT2D eigenvalue weighted by Gasteiger charge is 2.10. The number of furan rings is 1. The summed E-state index contributed by atoms with van der Waals surface area (Å²) in [6, 6.07) is 18.9. The number of aliphatic hydroxyl groups excluding tert-OH is 1. The van der Waals surface area contributed by atoms with Crippen LogP contribution < -0.4 is 10.1 Å². The molecule has 1 aromatic heterocycles. The average molecular weight is 358 g/mol. The molecule has 3 rings (SSSR count). The zero-order valence-corrected chi connectivity index (χ0v) is 14.7. The maximum absolute atomic E-state index is 10.1. The smallest absolute Gasteiger partial charge is 0.137 e. The third-order valence-electron chi connectivity index (χ3n) is 3.92. The summed E-state index contributed by atoms with van der Waals surface area (Å²) in [5.74, 6) is 2.17. The number of aliphatic hydroxyl groups is 1. The van der Waals surface area contributed by atoms with Crippen molar-refractivity contribution in [3.05, 3.63) is 77.0 Å². The van der Waals surface area contributed by atoms with E-state index in [0.29, 0.717) is 23.9 Å². The van der Waals surface area contributed by atoms with Crippen LogP contribution in [0.2, 0.25) is 5.02 Å². The van der Waals surface area contributed by atoms with E-state index >= 15 is 0 Å². The molecule has 0 radical (unpaired) electrons. The van der Waals surface area contributed by atoms with Gasteiger partial charge in [0.15, 0.2) is 0 Å². The van der Waals surface area contributed by atoms with Crippen LogP contribution in [0.1, 0.15) is 17.4 Å². The van der Waals surface area contributed by atoms with Crippen LogP contribution in [0.5, 0.6) is 5.75 Å². The van der Waals surface area contributed by atoms with Crippen molar-refractivity contribution >= 4 is 11.6 Å². The topological polar surface area (TPSA) is 54.6 Å². The highest BCUT2D eigenvalue weighted by Crippen LogP contribution is 2.31. The maximum atomic E-state index is 10.1. The first kappa shape index (κ1) is 17.5. The lowest BCUT2D eigenvalue weighted by Gasteiger charge is -2.11. The summed E-state index contributed by atoms with van der Waals surface area (Å²) in [7, 11) is 1.58. The number of nitrogens with one attached hydrogen (secondary N) is 1. The van der Waals surface area contributed by atoms with Crippen molar-refractivity contribution in [2.24, 2.45) is 0 Å². The Morgan fingerprint density at radius 2 is 1.92 bits per heavy atom. The van der Waals surface area contributed by atoms with E-state index < -0.39 is 6.10 Å². The Morgan fingerprint density at radius 1 is 1.12 bits per heavy atom. The van der Waals surface area contributed by atoms with Crippen LogP contribution in [0.4, 0.5) is 0 Å². The van der Waals surface area contributed by atoms with Crippen LogP contribution in [-0.2, 0) is 6.54 Å². The van der Waals surface area contributed by atoms with Crippen molar-refractivity contribution in [1.29, 1.82) is 0 Å². The second kappa shape index (κ2) is 8.21. The van der Waals surface area contributed by atoms with Gasteiger partial charge in [0.2, 0.25) is 0 Å². The van der Waals surface area contributed by atoms with Gasteiger partial charge in [-0.1, -0.05) is 41.9 Å². The van der Waals surface area contributed by atoms with Gasteiger partial charge in [0.1, 0.15) is 17.3 Å². The molecule has 1 unspecified atom stereocenters. The lowest BCUT2D eigenvalue weighted by atomic mass is 10.1. The molecule has 2 aromatic carbocycles. The van der Waals surface area contributed by atoms with E-state index in [4.69, 9.17) is 20.8 Å². The molecule has 4 nitrogen and oxygen atoms in total. The summed E-state index contributed by atoms with van der Waals surface area (Å²) in [6.07, 6.45) is -0.545. The lowest BCUT2D eigenvalue weighted by molar-refractivity contribution is 0.173. The summed E-state index contributed by atoms with van der Waals surface area (Å²) in [5.41, 5.74) is 1.78. The number of methoxy groups -OCH3 is 1. The molecule has 0 saturated carbocycles. The third kappa shape index (κ3) is 4.42. The zero-order valence-electron chi connectivity index (χ0n) is 13.9. The van der Waals surface area contributed by atoms with Crippen LogP contribution in [0.3, 0.4) is 0 Å². The highest BCUT2D eigenvalue weighted by molar-refractivity contribution is 6.32. The summed E-state index contributed by atoms with van der Waals surface area (Å²) >= 11 is 6.16. The lowest BCUT2D eigenvalue weighted by Crippen LogP contribution is -2.20. The molecule has 0 bridgehead atoms. The van der Waals surface area contributed by atoms with Crippen molar-refractivity contribution in [3.63, 3.8) is 0 Å². The summed E-state index contributed by atoms with van der Waals surface area (Å²) in [4.78, 5) is 0. The van der Waals surface area contributed by atoms with Gasteiger partial charge < -0.3 is 19.6 Å². The molecule has 0 amide bonds. The van der Waals surface area contributed by atoms with Crippen molar-refractivity contribution in [2.75, 3.05) is 13.7 Å². The first-order valence-corrected chi connectivity index (χ1v) is 8.41. The third-order valence-corrected chi connectivity index (χ3v) is 4.21. The van der Waals surface area contributed by atoms with Gasteiger partial charge in [-0.15, -0.1) is 0 Å². The molecule has 130 valence electrons. The second-order valence-electron chi connectivity index (χ2n) is 5.67. The van der Waals surface area contributed by atoms with E-state index in [2.05, 4.69) is 5.32 Å². The Morgan fingerprint density at radius 3 is 2.64 bits per heavy atom. The van der Waals surface area contributed by atoms with E-state index in [0.717, 1.165) is 22.6 Å². The standard InChI is InChI=1S/C20H20ClNO3/c1-24-20-9-7-15(11-17(20)21)19-10-8-16(25-19)12-22-13-18(23)14-5-3-2-4-6-14/h2-11,18,22-23H,12-13H2,1H3. The minimum Gasteiger partial charge on any atom is -0.495 e. The SMILES string of the molecule is COc1ccc(-c2ccc(CNCC(O)c3ccccc3)o2)cc1Cl. The zero-order chi connectivity index (χ0) is 17.6. The first-order chi connectivity index (χ1) is 12.2. The monoisotopic (exact) mass is 357 g/mol. The first-order valence-electron chi connectivity index (χ1n) is 8.03. The molecule has 0 aliphatic carbocycles. The Hall–Kier alpha value is -2.27. The van der Waals surface area contributed by atoms with Gasteiger partial charge in [-0.3, -0.25) is 0 Å². The van der Waals surface area contributed by atoms with Crippen LogP contribution in [-0.4, -0.2) is 18.8 Å². The molecular weight excluding hydrogens is 338 g/mol. The largest absolute Gasteiger partial charge is 0.495 e. The molecule has 1 atom stereocenters. The molecule has 3 aromatic rings. The van der Waals surface area contributed by atoms with E-state index in [1.807, 2.05) is 60.7 Å².